The van der Waals surface area contributed by atoms with Crippen LogP contribution in [0.2, 0.25) is 0 Å². The molecule has 0 amide bonds. The molecule has 1 heterocycles. The molecule has 0 saturated heterocycles. The van der Waals surface area contributed by atoms with Gasteiger partial charge in [0.1, 0.15) is 0 Å². The Kier molecular flexibility index (Phi) is 4.24. The van der Waals surface area contributed by atoms with Crippen LogP contribution >= 0.6 is 0 Å². The molecule has 6 nitrogen and oxygen atoms in total. The standard InChI is InChI=1S/C14H19N3O3/c1-8(2)11(15)14-16-13(17-20-14)9-6-5-7-10(18-3)12(9)19-4/h5-8,11H,15H2,1-4H3. The fourth-order valence-corrected chi connectivity index (χ4v) is 1.83. The Hall–Kier alpha value is -2.08. The number of nitrogens with zero attached hydrogens (tertiary/aromatic N) is 2. The minimum Gasteiger partial charge on any atom is -0.493 e. The van der Waals surface area contributed by atoms with Crippen molar-refractivity contribution in [3.8, 4) is 22.9 Å². The Morgan fingerprint density at radius 1 is 1.20 bits per heavy atom. The maximum atomic E-state index is 6.00. The van der Waals surface area contributed by atoms with Gasteiger partial charge >= 0.3 is 0 Å². The van der Waals surface area contributed by atoms with E-state index in [9.17, 15) is 0 Å². The third kappa shape index (κ3) is 2.60. The van der Waals surface area contributed by atoms with Crippen LogP contribution in [0.5, 0.6) is 11.5 Å². The second-order valence-electron chi connectivity index (χ2n) is 4.77. The first-order valence-corrected chi connectivity index (χ1v) is 6.39. The van der Waals surface area contributed by atoms with Crippen LogP contribution in [-0.4, -0.2) is 24.4 Å². The fraction of sp³-hybridized carbons (Fsp3) is 0.429. The molecule has 1 unspecified atom stereocenters. The van der Waals surface area contributed by atoms with Crippen molar-refractivity contribution in [3.05, 3.63) is 24.1 Å². The molecule has 0 radical (unpaired) electrons. The van der Waals surface area contributed by atoms with E-state index in [2.05, 4.69) is 10.1 Å². The second-order valence-corrected chi connectivity index (χ2v) is 4.77. The topological polar surface area (TPSA) is 83.4 Å². The lowest BCUT2D eigenvalue weighted by atomic mass is 10.1. The number of benzene rings is 1. The van der Waals surface area contributed by atoms with Gasteiger partial charge in [-0.1, -0.05) is 25.1 Å². The van der Waals surface area contributed by atoms with Crippen molar-refractivity contribution in [1.82, 2.24) is 10.1 Å². The lowest BCUT2D eigenvalue weighted by Gasteiger charge is -2.10. The van der Waals surface area contributed by atoms with Gasteiger partial charge in [-0.05, 0) is 18.1 Å². The van der Waals surface area contributed by atoms with Gasteiger partial charge < -0.3 is 19.7 Å². The smallest absolute Gasteiger partial charge is 0.244 e. The molecule has 2 rings (SSSR count). The zero-order valence-electron chi connectivity index (χ0n) is 12.1. The molecule has 6 heteroatoms. The van der Waals surface area contributed by atoms with E-state index in [0.717, 1.165) is 0 Å². The maximum absolute atomic E-state index is 6.00. The van der Waals surface area contributed by atoms with E-state index in [-0.39, 0.29) is 12.0 Å². The molecule has 2 N–H and O–H groups in total. The quantitative estimate of drug-likeness (QED) is 0.903. The van der Waals surface area contributed by atoms with Gasteiger partial charge in [-0.3, -0.25) is 0 Å². The molecule has 1 atom stereocenters. The predicted molar refractivity (Wildman–Crippen MR) is 74.6 cm³/mol. The first-order valence-electron chi connectivity index (χ1n) is 6.39. The number of para-hydroxylation sites is 1. The zero-order valence-corrected chi connectivity index (χ0v) is 12.1. The van der Waals surface area contributed by atoms with Gasteiger partial charge in [0.15, 0.2) is 11.5 Å². The van der Waals surface area contributed by atoms with Crippen molar-refractivity contribution in [1.29, 1.82) is 0 Å². The molecule has 20 heavy (non-hydrogen) atoms. The number of hydrogen-bond donors (Lipinski definition) is 1. The minimum absolute atomic E-state index is 0.218. The van der Waals surface area contributed by atoms with Crippen molar-refractivity contribution in [2.75, 3.05) is 14.2 Å². The average Bonchev–Trinajstić information content (AvgIpc) is 2.94. The molecule has 0 aliphatic heterocycles. The largest absolute Gasteiger partial charge is 0.493 e. The fourth-order valence-electron chi connectivity index (χ4n) is 1.83. The van der Waals surface area contributed by atoms with Gasteiger partial charge in [-0.2, -0.15) is 4.98 Å². The molecular weight excluding hydrogens is 258 g/mol. The van der Waals surface area contributed by atoms with Crippen LogP contribution in [0.4, 0.5) is 0 Å². The van der Waals surface area contributed by atoms with Crippen LogP contribution < -0.4 is 15.2 Å². The molecule has 0 saturated carbocycles. The molecule has 0 spiro atoms. The summed E-state index contributed by atoms with van der Waals surface area (Å²) in [6.07, 6.45) is 0. The van der Waals surface area contributed by atoms with Gasteiger partial charge in [0.05, 0.1) is 25.8 Å². The molecular formula is C14H19N3O3. The molecule has 0 aliphatic carbocycles. The molecule has 1 aromatic carbocycles. The van der Waals surface area contributed by atoms with Crippen LogP contribution in [0.1, 0.15) is 25.8 Å². The van der Waals surface area contributed by atoms with E-state index >= 15 is 0 Å². The number of aromatic nitrogens is 2. The molecule has 0 aliphatic rings. The highest BCUT2D eigenvalue weighted by Crippen LogP contribution is 2.36. The van der Waals surface area contributed by atoms with E-state index < -0.39 is 0 Å². The van der Waals surface area contributed by atoms with Crippen LogP contribution in [0.3, 0.4) is 0 Å². The van der Waals surface area contributed by atoms with Gasteiger partial charge in [0, 0.05) is 0 Å². The first-order chi connectivity index (χ1) is 9.58. The lowest BCUT2D eigenvalue weighted by Crippen LogP contribution is -2.16. The van der Waals surface area contributed by atoms with E-state index in [1.54, 1.807) is 14.2 Å². The highest BCUT2D eigenvalue weighted by Gasteiger charge is 2.21. The van der Waals surface area contributed by atoms with Gasteiger partial charge in [0.2, 0.25) is 11.7 Å². The van der Waals surface area contributed by atoms with Gasteiger partial charge in [-0.15, -0.1) is 0 Å². The number of nitrogens with two attached hydrogens (primary N) is 1. The van der Waals surface area contributed by atoms with E-state index in [1.807, 2.05) is 32.0 Å². The summed E-state index contributed by atoms with van der Waals surface area (Å²) in [6.45, 7) is 4.00. The molecule has 0 fully saturated rings. The maximum Gasteiger partial charge on any atom is 0.244 e. The average molecular weight is 277 g/mol. The van der Waals surface area contributed by atoms with E-state index in [0.29, 0.717) is 28.8 Å². The van der Waals surface area contributed by atoms with Crippen molar-refractivity contribution in [2.45, 2.75) is 19.9 Å². The van der Waals surface area contributed by atoms with Crippen LogP contribution in [-0.2, 0) is 0 Å². The summed E-state index contributed by atoms with van der Waals surface area (Å²) in [7, 11) is 3.15. The Balaban J connectivity index is 2.42. The van der Waals surface area contributed by atoms with Gasteiger partial charge in [-0.25, -0.2) is 0 Å². The van der Waals surface area contributed by atoms with Crippen molar-refractivity contribution < 1.29 is 14.0 Å². The number of rotatable bonds is 5. The summed E-state index contributed by atoms with van der Waals surface area (Å²) in [5, 5.41) is 3.97. The second kappa shape index (κ2) is 5.92. The zero-order chi connectivity index (χ0) is 14.7. The third-order valence-corrected chi connectivity index (χ3v) is 3.09. The normalized spacial score (nSPS) is 12.5. The number of methoxy groups -OCH3 is 2. The summed E-state index contributed by atoms with van der Waals surface area (Å²) in [5.41, 5.74) is 6.71. The molecule has 108 valence electrons. The summed E-state index contributed by atoms with van der Waals surface area (Å²) in [4.78, 5) is 4.35. The monoisotopic (exact) mass is 277 g/mol. The number of ether oxygens (including phenoxy) is 2. The molecule has 0 bridgehead atoms. The third-order valence-electron chi connectivity index (χ3n) is 3.09. The Morgan fingerprint density at radius 3 is 2.55 bits per heavy atom. The van der Waals surface area contributed by atoms with Crippen molar-refractivity contribution in [2.24, 2.45) is 11.7 Å². The highest BCUT2D eigenvalue weighted by molar-refractivity contribution is 5.68. The van der Waals surface area contributed by atoms with Crippen LogP contribution in [0.25, 0.3) is 11.4 Å². The lowest BCUT2D eigenvalue weighted by molar-refractivity contribution is 0.324. The SMILES string of the molecule is COc1cccc(-c2noc(C(N)C(C)C)n2)c1OC. The first kappa shape index (κ1) is 14.3. The van der Waals surface area contributed by atoms with Crippen LogP contribution in [0, 0.1) is 5.92 Å². The predicted octanol–water partition coefficient (Wildman–Crippen LogP) is 2.41. The van der Waals surface area contributed by atoms with Crippen molar-refractivity contribution >= 4 is 0 Å². The van der Waals surface area contributed by atoms with E-state index in [1.165, 1.54) is 0 Å². The summed E-state index contributed by atoms with van der Waals surface area (Å²) in [6, 6.07) is 5.21. The Bertz CT molecular complexity index is 581. The highest BCUT2D eigenvalue weighted by atomic mass is 16.5. The number of hydrogen-bond acceptors (Lipinski definition) is 6. The van der Waals surface area contributed by atoms with E-state index in [4.69, 9.17) is 19.7 Å². The van der Waals surface area contributed by atoms with Crippen LogP contribution in [0.15, 0.2) is 22.7 Å². The molecule has 1 aromatic heterocycles. The minimum atomic E-state index is -0.284. The Labute approximate surface area is 117 Å². The Morgan fingerprint density at radius 2 is 1.95 bits per heavy atom. The summed E-state index contributed by atoms with van der Waals surface area (Å²) < 4.78 is 15.8. The molecule has 2 aromatic rings. The van der Waals surface area contributed by atoms with Crippen molar-refractivity contribution in [3.63, 3.8) is 0 Å². The summed E-state index contributed by atoms with van der Waals surface area (Å²) in [5.74, 6) is 2.26. The summed E-state index contributed by atoms with van der Waals surface area (Å²) >= 11 is 0. The van der Waals surface area contributed by atoms with Gasteiger partial charge in [0.25, 0.3) is 0 Å².